The highest BCUT2D eigenvalue weighted by molar-refractivity contribution is 5.35. The first-order valence-corrected chi connectivity index (χ1v) is 7.33. The molecule has 1 aliphatic rings. The van der Waals surface area contributed by atoms with Gasteiger partial charge < -0.3 is 4.74 Å². The van der Waals surface area contributed by atoms with Crippen molar-refractivity contribution in [3.8, 4) is 11.8 Å². The summed E-state index contributed by atoms with van der Waals surface area (Å²) in [5.74, 6) is 0.916. The Labute approximate surface area is 116 Å². The molecule has 1 fully saturated rings. The molecule has 0 heterocycles. The molecule has 1 aromatic carbocycles. The standard InChI is InChI=1S/C17H23NO/c1-19-16-10-6-5-9-15(16)13-17(14-18)11-7-3-2-4-8-12-17/h5-6,9-10H,2-4,7-8,11-13H2,1H3. The van der Waals surface area contributed by atoms with Crippen molar-refractivity contribution in [3.63, 3.8) is 0 Å². The van der Waals surface area contributed by atoms with Gasteiger partial charge in [0.1, 0.15) is 5.75 Å². The zero-order chi connectivity index (χ0) is 13.6. The van der Waals surface area contributed by atoms with Crippen LogP contribution in [0.5, 0.6) is 5.75 Å². The van der Waals surface area contributed by atoms with E-state index in [1.807, 2.05) is 18.2 Å². The Balaban J connectivity index is 2.19. The fourth-order valence-corrected chi connectivity index (χ4v) is 3.12. The predicted octanol–water partition coefficient (Wildman–Crippen LogP) is 4.49. The number of methoxy groups -OCH3 is 1. The second-order valence-electron chi connectivity index (χ2n) is 5.65. The Morgan fingerprint density at radius 2 is 1.74 bits per heavy atom. The van der Waals surface area contributed by atoms with Crippen molar-refractivity contribution in [2.45, 2.75) is 51.4 Å². The van der Waals surface area contributed by atoms with Crippen molar-refractivity contribution in [1.82, 2.24) is 0 Å². The molecule has 1 aliphatic carbocycles. The molecule has 0 aliphatic heterocycles. The predicted molar refractivity (Wildman–Crippen MR) is 77.1 cm³/mol. The second kappa shape index (κ2) is 6.61. The van der Waals surface area contributed by atoms with E-state index in [4.69, 9.17) is 4.74 Å². The van der Waals surface area contributed by atoms with Crippen molar-refractivity contribution in [3.05, 3.63) is 29.8 Å². The van der Waals surface area contributed by atoms with Crippen LogP contribution in [0.15, 0.2) is 24.3 Å². The van der Waals surface area contributed by atoms with Gasteiger partial charge in [0.2, 0.25) is 0 Å². The lowest BCUT2D eigenvalue weighted by atomic mass is 9.73. The lowest BCUT2D eigenvalue weighted by Gasteiger charge is -2.29. The molecule has 0 saturated heterocycles. The Morgan fingerprint density at radius 3 is 2.37 bits per heavy atom. The van der Waals surface area contributed by atoms with Crippen LogP contribution in [0.4, 0.5) is 0 Å². The van der Waals surface area contributed by atoms with E-state index in [-0.39, 0.29) is 5.41 Å². The molecule has 0 amide bonds. The number of hydrogen-bond donors (Lipinski definition) is 0. The fraction of sp³-hybridized carbons (Fsp3) is 0.588. The molecule has 0 aromatic heterocycles. The fourth-order valence-electron chi connectivity index (χ4n) is 3.12. The number of hydrogen-bond acceptors (Lipinski definition) is 2. The molecule has 2 rings (SSSR count). The molecule has 0 N–H and O–H groups in total. The highest BCUT2D eigenvalue weighted by atomic mass is 16.5. The van der Waals surface area contributed by atoms with Crippen molar-refractivity contribution in [1.29, 1.82) is 5.26 Å². The third kappa shape index (κ3) is 3.50. The van der Waals surface area contributed by atoms with Gasteiger partial charge in [-0.3, -0.25) is 0 Å². The van der Waals surface area contributed by atoms with Crippen LogP contribution in [0.25, 0.3) is 0 Å². The van der Waals surface area contributed by atoms with Gasteiger partial charge in [0.05, 0.1) is 18.6 Å². The highest BCUT2D eigenvalue weighted by Crippen LogP contribution is 2.38. The molecule has 0 bridgehead atoms. The van der Waals surface area contributed by atoms with Gasteiger partial charge in [0.15, 0.2) is 0 Å². The molecular weight excluding hydrogens is 234 g/mol. The van der Waals surface area contributed by atoms with E-state index in [1.54, 1.807) is 7.11 Å². The summed E-state index contributed by atoms with van der Waals surface area (Å²) in [4.78, 5) is 0. The maximum Gasteiger partial charge on any atom is 0.122 e. The van der Waals surface area contributed by atoms with Gasteiger partial charge in [-0.25, -0.2) is 0 Å². The SMILES string of the molecule is COc1ccccc1CC1(C#N)CCCCCCC1. The molecule has 0 unspecified atom stereocenters. The van der Waals surface area contributed by atoms with E-state index in [0.717, 1.165) is 25.0 Å². The number of ether oxygens (including phenoxy) is 1. The molecule has 0 atom stereocenters. The monoisotopic (exact) mass is 257 g/mol. The molecule has 19 heavy (non-hydrogen) atoms. The summed E-state index contributed by atoms with van der Waals surface area (Å²) in [7, 11) is 1.70. The lowest BCUT2D eigenvalue weighted by Crippen LogP contribution is -2.23. The van der Waals surface area contributed by atoms with Gasteiger partial charge in [0, 0.05) is 0 Å². The molecule has 2 heteroatoms. The van der Waals surface area contributed by atoms with E-state index in [0.29, 0.717) is 0 Å². The second-order valence-corrected chi connectivity index (χ2v) is 5.65. The Kier molecular flexibility index (Phi) is 4.85. The summed E-state index contributed by atoms with van der Waals surface area (Å²) in [5.41, 5.74) is 0.988. The summed E-state index contributed by atoms with van der Waals surface area (Å²) in [6.45, 7) is 0. The van der Waals surface area contributed by atoms with Crippen LogP contribution in [-0.4, -0.2) is 7.11 Å². The van der Waals surface area contributed by atoms with Crippen LogP contribution in [0, 0.1) is 16.7 Å². The molecule has 1 saturated carbocycles. The quantitative estimate of drug-likeness (QED) is 0.799. The number of nitriles is 1. The summed E-state index contributed by atoms with van der Waals surface area (Å²) in [6, 6.07) is 10.7. The van der Waals surface area contributed by atoms with E-state index in [9.17, 15) is 5.26 Å². The van der Waals surface area contributed by atoms with Gasteiger partial charge in [-0.2, -0.15) is 5.26 Å². The first-order chi connectivity index (χ1) is 9.29. The number of nitrogens with zero attached hydrogens (tertiary/aromatic N) is 1. The van der Waals surface area contributed by atoms with Crippen LogP contribution in [0.2, 0.25) is 0 Å². The number of rotatable bonds is 3. The molecule has 2 nitrogen and oxygen atoms in total. The van der Waals surface area contributed by atoms with Gasteiger partial charge >= 0.3 is 0 Å². The van der Waals surface area contributed by atoms with Gasteiger partial charge in [-0.05, 0) is 30.9 Å². The van der Waals surface area contributed by atoms with Gasteiger partial charge in [-0.1, -0.05) is 50.3 Å². The maximum atomic E-state index is 9.69. The molecule has 0 spiro atoms. The van der Waals surface area contributed by atoms with Crippen molar-refractivity contribution in [2.24, 2.45) is 5.41 Å². The largest absolute Gasteiger partial charge is 0.496 e. The number of para-hydroxylation sites is 1. The summed E-state index contributed by atoms with van der Waals surface area (Å²) in [5, 5.41) is 9.69. The van der Waals surface area contributed by atoms with Crippen molar-refractivity contribution < 1.29 is 4.74 Å². The zero-order valence-electron chi connectivity index (χ0n) is 11.8. The molecule has 1 aromatic rings. The molecule has 0 radical (unpaired) electrons. The van der Waals surface area contributed by atoms with E-state index in [2.05, 4.69) is 12.1 Å². The van der Waals surface area contributed by atoms with Crippen LogP contribution in [0.3, 0.4) is 0 Å². The van der Waals surface area contributed by atoms with E-state index < -0.39 is 0 Å². The minimum Gasteiger partial charge on any atom is -0.496 e. The first kappa shape index (κ1) is 13.9. The van der Waals surface area contributed by atoms with Crippen LogP contribution < -0.4 is 4.74 Å². The van der Waals surface area contributed by atoms with Gasteiger partial charge in [0.25, 0.3) is 0 Å². The Morgan fingerprint density at radius 1 is 1.11 bits per heavy atom. The smallest absolute Gasteiger partial charge is 0.122 e. The first-order valence-electron chi connectivity index (χ1n) is 7.33. The van der Waals surface area contributed by atoms with E-state index >= 15 is 0 Å². The average molecular weight is 257 g/mol. The summed E-state index contributed by atoms with van der Waals surface area (Å²) >= 11 is 0. The van der Waals surface area contributed by atoms with Crippen LogP contribution >= 0.6 is 0 Å². The van der Waals surface area contributed by atoms with Crippen LogP contribution in [0.1, 0.15) is 50.5 Å². The van der Waals surface area contributed by atoms with Crippen molar-refractivity contribution in [2.75, 3.05) is 7.11 Å². The zero-order valence-corrected chi connectivity index (χ0v) is 11.8. The lowest BCUT2D eigenvalue weighted by molar-refractivity contribution is 0.283. The minimum absolute atomic E-state index is 0.185. The summed E-state index contributed by atoms with van der Waals surface area (Å²) < 4.78 is 5.42. The minimum atomic E-state index is -0.185. The molecule has 102 valence electrons. The highest BCUT2D eigenvalue weighted by Gasteiger charge is 2.31. The third-order valence-electron chi connectivity index (χ3n) is 4.27. The van der Waals surface area contributed by atoms with Crippen molar-refractivity contribution >= 4 is 0 Å². The maximum absolute atomic E-state index is 9.69. The number of benzene rings is 1. The summed E-state index contributed by atoms with van der Waals surface area (Å²) in [6.07, 6.45) is 9.13. The topological polar surface area (TPSA) is 33.0 Å². The molecular formula is C17H23NO. The Hall–Kier alpha value is -1.49. The normalized spacial score (nSPS) is 18.9. The van der Waals surface area contributed by atoms with E-state index in [1.165, 1.54) is 37.7 Å². The van der Waals surface area contributed by atoms with Gasteiger partial charge in [-0.15, -0.1) is 0 Å². The Bertz CT molecular complexity index is 439. The third-order valence-corrected chi connectivity index (χ3v) is 4.27. The average Bonchev–Trinajstić information content (AvgIpc) is 2.42. The van der Waals surface area contributed by atoms with Crippen LogP contribution in [-0.2, 0) is 6.42 Å².